The fourth-order valence-electron chi connectivity index (χ4n) is 2.79. The van der Waals surface area contributed by atoms with Gasteiger partial charge in [-0.05, 0) is 32.0 Å². The molecule has 1 aliphatic carbocycles. The van der Waals surface area contributed by atoms with Crippen LogP contribution in [0.15, 0.2) is 24.3 Å². The number of carbonyl (C=O) groups excluding carboxylic acids is 1. The number of hydrogen-bond acceptors (Lipinski definition) is 3. The normalized spacial score (nSPS) is 15.3. The van der Waals surface area contributed by atoms with Crippen molar-refractivity contribution >= 4 is 23.1 Å². The van der Waals surface area contributed by atoms with Crippen LogP contribution in [0.25, 0.3) is 0 Å². The first kappa shape index (κ1) is 15.9. The Labute approximate surface area is 131 Å². The molecule has 0 saturated heterocycles. The largest absolute Gasteiger partial charge is 0.389 e. The van der Waals surface area contributed by atoms with Crippen LogP contribution in [-0.4, -0.2) is 42.0 Å². The van der Waals surface area contributed by atoms with Crippen LogP contribution in [0.4, 0.5) is 0 Å². The Kier molecular flexibility index (Phi) is 5.70. The molecular formula is C16H23N3OS. The van der Waals surface area contributed by atoms with Gasteiger partial charge in [-0.1, -0.05) is 37.2 Å². The molecule has 0 aliphatic heterocycles. The van der Waals surface area contributed by atoms with Crippen molar-refractivity contribution in [2.24, 2.45) is 5.73 Å². The number of amides is 1. The quantitative estimate of drug-likeness (QED) is 0.789. The number of nitrogens with two attached hydrogens (primary N) is 1. The zero-order chi connectivity index (χ0) is 15.2. The van der Waals surface area contributed by atoms with E-state index in [0.717, 1.165) is 12.1 Å². The average Bonchev–Trinajstić information content (AvgIpc) is 3.01. The maximum atomic E-state index is 12.1. The molecule has 1 aliphatic rings. The first-order valence-corrected chi connectivity index (χ1v) is 7.87. The van der Waals surface area contributed by atoms with Crippen molar-refractivity contribution in [3.05, 3.63) is 35.4 Å². The number of nitrogens with one attached hydrogen (secondary N) is 1. The van der Waals surface area contributed by atoms with Crippen molar-refractivity contribution in [3.63, 3.8) is 0 Å². The monoisotopic (exact) mass is 305 g/mol. The Morgan fingerprint density at radius 1 is 1.38 bits per heavy atom. The third kappa shape index (κ3) is 4.51. The van der Waals surface area contributed by atoms with Crippen LogP contribution in [0, 0.1) is 0 Å². The van der Waals surface area contributed by atoms with Gasteiger partial charge in [0.2, 0.25) is 0 Å². The molecule has 5 heteroatoms. The van der Waals surface area contributed by atoms with Gasteiger partial charge < -0.3 is 16.0 Å². The third-order valence-electron chi connectivity index (χ3n) is 4.11. The average molecular weight is 305 g/mol. The summed E-state index contributed by atoms with van der Waals surface area (Å²) in [6.07, 6.45) is 5.21. The Morgan fingerprint density at radius 2 is 2.05 bits per heavy atom. The molecular weight excluding hydrogens is 282 g/mol. The lowest BCUT2D eigenvalue weighted by molar-refractivity contribution is 0.0947. The SMILES string of the molecule is CN(CCNC(=O)c1cccc(C(N)=S)c1)C1CCCC1. The molecule has 4 nitrogen and oxygen atoms in total. The van der Waals surface area contributed by atoms with Crippen LogP contribution >= 0.6 is 12.2 Å². The van der Waals surface area contributed by atoms with Gasteiger partial charge in [0.25, 0.3) is 5.91 Å². The van der Waals surface area contributed by atoms with Crippen molar-refractivity contribution in [2.45, 2.75) is 31.7 Å². The maximum absolute atomic E-state index is 12.1. The molecule has 2 rings (SSSR count). The summed E-state index contributed by atoms with van der Waals surface area (Å²) in [5.41, 5.74) is 6.91. The molecule has 0 heterocycles. The zero-order valence-corrected chi connectivity index (χ0v) is 13.3. The minimum absolute atomic E-state index is 0.0760. The summed E-state index contributed by atoms with van der Waals surface area (Å²) < 4.78 is 0. The molecule has 0 unspecified atom stereocenters. The first-order chi connectivity index (χ1) is 10.1. The number of likely N-dealkylation sites (N-methyl/N-ethyl adjacent to an activating group) is 1. The Balaban J connectivity index is 1.81. The van der Waals surface area contributed by atoms with Crippen LogP contribution in [0.5, 0.6) is 0 Å². The van der Waals surface area contributed by atoms with E-state index in [-0.39, 0.29) is 5.91 Å². The van der Waals surface area contributed by atoms with Gasteiger partial charge in [-0.2, -0.15) is 0 Å². The van der Waals surface area contributed by atoms with Crippen molar-refractivity contribution in [3.8, 4) is 0 Å². The van der Waals surface area contributed by atoms with Gasteiger partial charge in [-0.3, -0.25) is 4.79 Å². The highest BCUT2D eigenvalue weighted by Gasteiger charge is 2.19. The van der Waals surface area contributed by atoms with E-state index < -0.39 is 0 Å². The molecule has 0 bridgehead atoms. The number of carbonyl (C=O) groups is 1. The van der Waals surface area contributed by atoms with E-state index in [1.165, 1.54) is 25.7 Å². The van der Waals surface area contributed by atoms with Gasteiger partial charge in [0.05, 0.1) is 0 Å². The molecule has 0 atom stereocenters. The smallest absolute Gasteiger partial charge is 0.251 e. The summed E-state index contributed by atoms with van der Waals surface area (Å²) >= 11 is 4.93. The van der Waals surface area contributed by atoms with Crippen molar-refractivity contribution in [1.82, 2.24) is 10.2 Å². The molecule has 1 aromatic rings. The van der Waals surface area contributed by atoms with E-state index in [1.54, 1.807) is 18.2 Å². The van der Waals surface area contributed by atoms with Crippen LogP contribution in [-0.2, 0) is 0 Å². The fraction of sp³-hybridized carbons (Fsp3) is 0.500. The van der Waals surface area contributed by atoms with Crippen LogP contribution in [0.2, 0.25) is 0 Å². The molecule has 1 aromatic carbocycles. The number of thiocarbonyl (C=S) groups is 1. The fourth-order valence-corrected chi connectivity index (χ4v) is 2.92. The summed E-state index contributed by atoms with van der Waals surface area (Å²) in [5, 5.41) is 2.95. The number of hydrogen-bond donors (Lipinski definition) is 2. The van der Waals surface area contributed by atoms with Crippen LogP contribution in [0.1, 0.15) is 41.6 Å². The van der Waals surface area contributed by atoms with Crippen molar-refractivity contribution in [1.29, 1.82) is 0 Å². The van der Waals surface area contributed by atoms with Crippen molar-refractivity contribution in [2.75, 3.05) is 20.1 Å². The van der Waals surface area contributed by atoms with Gasteiger partial charge in [0, 0.05) is 30.3 Å². The second-order valence-electron chi connectivity index (χ2n) is 5.62. The van der Waals surface area contributed by atoms with E-state index in [0.29, 0.717) is 23.1 Å². The molecule has 1 amide bonds. The maximum Gasteiger partial charge on any atom is 0.251 e. The van der Waals surface area contributed by atoms with Gasteiger partial charge in [0.1, 0.15) is 4.99 Å². The lowest BCUT2D eigenvalue weighted by Gasteiger charge is -2.23. The van der Waals surface area contributed by atoms with Crippen LogP contribution < -0.4 is 11.1 Å². The van der Waals surface area contributed by atoms with Gasteiger partial charge in [0.15, 0.2) is 0 Å². The third-order valence-corrected chi connectivity index (χ3v) is 4.34. The molecule has 0 aromatic heterocycles. The van der Waals surface area contributed by atoms with E-state index >= 15 is 0 Å². The molecule has 0 radical (unpaired) electrons. The summed E-state index contributed by atoms with van der Waals surface area (Å²) in [6, 6.07) is 7.80. The standard InChI is InChI=1S/C16H23N3OS/c1-19(14-7-2-3-8-14)10-9-18-16(20)13-6-4-5-12(11-13)15(17)21/h4-6,11,14H,2-3,7-10H2,1H3,(H2,17,21)(H,18,20). The molecule has 114 valence electrons. The highest BCUT2D eigenvalue weighted by molar-refractivity contribution is 7.80. The highest BCUT2D eigenvalue weighted by Crippen LogP contribution is 2.21. The number of benzene rings is 1. The second kappa shape index (κ2) is 7.52. The molecule has 0 spiro atoms. The molecule has 1 fully saturated rings. The summed E-state index contributed by atoms with van der Waals surface area (Å²) in [7, 11) is 2.13. The minimum Gasteiger partial charge on any atom is -0.389 e. The van der Waals surface area contributed by atoms with Gasteiger partial charge in [-0.25, -0.2) is 0 Å². The predicted octanol–water partition coefficient (Wildman–Crippen LogP) is 1.92. The van der Waals surface area contributed by atoms with Gasteiger partial charge in [-0.15, -0.1) is 0 Å². The van der Waals surface area contributed by atoms with Crippen LogP contribution in [0.3, 0.4) is 0 Å². The lowest BCUT2D eigenvalue weighted by atomic mass is 10.1. The first-order valence-electron chi connectivity index (χ1n) is 7.46. The summed E-state index contributed by atoms with van der Waals surface area (Å²) in [4.78, 5) is 14.8. The Morgan fingerprint density at radius 3 is 2.71 bits per heavy atom. The molecule has 1 saturated carbocycles. The zero-order valence-electron chi connectivity index (χ0n) is 12.5. The van der Waals surface area contributed by atoms with Gasteiger partial charge >= 0.3 is 0 Å². The Hall–Kier alpha value is -1.46. The van der Waals surface area contributed by atoms with E-state index in [9.17, 15) is 4.79 Å². The van der Waals surface area contributed by atoms with E-state index in [1.807, 2.05) is 6.07 Å². The number of rotatable bonds is 6. The number of nitrogens with zero attached hydrogens (tertiary/aromatic N) is 1. The highest BCUT2D eigenvalue weighted by atomic mass is 32.1. The topological polar surface area (TPSA) is 58.4 Å². The summed E-state index contributed by atoms with van der Waals surface area (Å²) in [5.74, 6) is -0.0760. The predicted molar refractivity (Wildman–Crippen MR) is 89.5 cm³/mol. The van der Waals surface area contributed by atoms with E-state index in [2.05, 4.69) is 17.3 Å². The summed E-state index contributed by atoms with van der Waals surface area (Å²) in [6.45, 7) is 1.54. The molecule has 3 N–H and O–H groups in total. The Bertz CT molecular complexity index is 512. The lowest BCUT2D eigenvalue weighted by Crippen LogP contribution is -2.37. The van der Waals surface area contributed by atoms with E-state index in [4.69, 9.17) is 18.0 Å². The molecule has 21 heavy (non-hydrogen) atoms. The van der Waals surface area contributed by atoms with Crippen molar-refractivity contribution < 1.29 is 4.79 Å². The minimum atomic E-state index is -0.0760. The second-order valence-corrected chi connectivity index (χ2v) is 6.06.